The standard InChI is InChI=1S/C16H13F2NO3/c17-12-7-11(8-13(18)9-12)15(20)19-14(16(21)22)6-10-4-2-1-3-5-10/h1-5,7-9,14H,6H2,(H,19,20)(H,21,22). The molecular formula is C16H13F2NO3. The summed E-state index contributed by atoms with van der Waals surface area (Å²) in [5, 5.41) is 11.4. The molecule has 0 aliphatic heterocycles. The highest BCUT2D eigenvalue weighted by atomic mass is 19.1. The predicted octanol–water partition coefficient (Wildman–Crippen LogP) is 2.39. The number of rotatable bonds is 5. The number of carbonyl (C=O) groups excluding carboxylic acids is 1. The van der Waals surface area contributed by atoms with E-state index in [4.69, 9.17) is 0 Å². The second-order valence-corrected chi connectivity index (χ2v) is 4.71. The topological polar surface area (TPSA) is 66.4 Å². The zero-order valence-corrected chi connectivity index (χ0v) is 11.4. The molecule has 0 spiro atoms. The van der Waals surface area contributed by atoms with Gasteiger partial charge in [0.1, 0.15) is 17.7 Å². The summed E-state index contributed by atoms with van der Waals surface area (Å²) < 4.78 is 26.2. The number of halogens is 2. The van der Waals surface area contributed by atoms with E-state index >= 15 is 0 Å². The molecule has 1 unspecified atom stereocenters. The maximum Gasteiger partial charge on any atom is 0.326 e. The summed E-state index contributed by atoms with van der Waals surface area (Å²) in [4.78, 5) is 23.2. The van der Waals surface area contributed by atoms with E-state index in [2.05, 4.69) is 5.32 Å². The molecule has 2 aromatic rings. The van der Waals surface area contributed by atoms with Gasteiger partial charge in [-0.05, 0) is 17.7 Å². The van der Waals surface area contributed by atoms with Crippen LogP contribution in [0.4, 0.5) is 8.78 Å². The molecule has 1 atom stereocenters. The van der Waals surface area contributed by atoms with Crippen LogP contribution in [0.1, 0.15) is 15.9 Å². The van der Waals surface area contributed by atoms with Gasteiger partial charge in [-0.1, -0.05) is 30.3 Å². The van der Waals surface area contributed by atoms with Crippen LogP contribution in [-0.2, 0) is 11.2 Å². The minimum atomic E-state index is -1.23. The van der Waals surface area contributed by atoms with E-state index in [9.17, 15) is 23.5 Å². The number of aliphatic carboxylic acids is 1. The van der Waals surface area contributed by atoms with E-state index in [-0.39, 0.29) is 12.0 Å². The third-order valence-corrected chi connectivity index (χ3v) is 3.01. The number of carbonyl (C=O) groups is 2. The molecule has 0 saturated carbocycles. The van der Waals surface area contributed by atoms with E-state index in [1.165, 1.54) is 0 Å². The van der Waals surface area contributed by atoms with Gasteiger partial charge in [-0.25, -0.2) is 13.6 Å². The van der Waals surface area contributed by atoms with E-state index < -0.39 is 29.6 Å². The third-order valence-electron chi connectivity index (χ3n) is 3.01. The summed E-state index contributed by atoms with van der Waals surface area (Å²) in [6.07, 6.45) is 0.0692. The highest BCUT2D eigenvalue weighted by Gasteiger charge is 2.21. The quantitative estimate of drug-likeness (QED) is 0.891. The normalized spacial score (nSPS) is 11.7. The van der Waals surface area contributed by atoms with Crippen LogP contribution in [-0.4, -0.2) is 23.0 Å². The van der Waals surface area contributed by atoms with Gasteiger partial charge in [0.25, 0.3) is 5.91 Å². The van der Waals surface area contributed by atoms with Crippen LogP contribution < -0.4 is 5.32 Å². The molecule has 0 heterocycles. The molecule has 0 saturated heterocycles. The molecule has 2 aromatic carbocycles. The minimum Gasteiger partial charge on any atom is -0.480 e. The Morgan fingerprint density at radius 1 is 1.05 bits per heavy atom. The van der Waals surface area contributed by atoms with Crippen molar-refractivity contribution in [3.63, 3.8) is 0 Å². The van der Waals surface area contributed by atoms with E-state index in [1.807, 2.05) is 0 Å². The Kier molecular flexibility index (Phi) is 4.83. The van der Waals surface area contributed by atoms with Crippen LogP contribution in [0.15, 0.2) is 48.5 Å². The van der Waals surface area contributed by atoms with Crippen molar-refractivity contribution >= 4 is 11.9 Å². The van der Waals surface area contributed by atoms with Crippen molar-refractivity contribution < 1.29 is 23.5 Å². The zero-order valence-electron chi connectivity index (χ0n) is 11.4. The Labute approximate surface area is 125 Å². The number of hydrogen-bond donors (Lipinski definition) is 2. The van der Waals surface area contributed by atoms with Crippen molar-refractivity contribution in [1.82, 2.24) is 5.32 Å². The van der Waals surface area contributed by atoms with Crippen molar-refractivity contribution in [1.29, 1.82) is 0 Å². The first-order valence-electron chi connectivity index (χ1n) is 6.49. The van der Waals surface area contributed by atoms with Crippen LogP contribution >= 0.6 is 0 Å². The van der Waals surface area contributed by atoms with Crippen LogP contribution in [0.5, 0.6) is 0 Å². The molecule has 1 amide bonds. The number of amides is 1. The average Bonchev–Trinajstić information content (AvgIpc) is 2.46. The maximum atomic E-state index is 13.1. The number of carboxylic acids is 1. The third kappa shape index (κ3) is 4.12. The van der Waals surface area contributed by atoms with E-state index in [0.717, 1.165) is 17.7 Å². The number of carboxylic acid groups (broad SMARTS) is 1. The SMILES string of the molecule is O=C(NC(Cc1ccccc1)C(=O)O)c1cc(F)cc(F)c1. The second-order valence-electron chi connectivity index (χ2n) is 4.71. The summed E-state index contributed by atoms with van der Waals surface area (Å²) in [5.74, 6) is -3.88. The van der Waals surface area contributed by atoms with Gasteiger partial charge in [0.05, 0.1) is 0 Å². The molecule has 2 N–H and O–H groups in total. The van der Waals surface area contributed by atoms with E-state index in [1.54, 1.807) is 30.3 Å². The first-order chi connectivity index (χ1) is 10.5. The molecule has 2 rings (SSSR count). The highest BCUT2D eigenvalue weighted by Crippen LogP contribution is 2.09. The van der Waals surface area contributed by atoms with Crippen molar-refractivity contribution in [3.8, 4) is 0 Å². The van der Waals surface area contributed by atoms with Crippen LogP contribution in [0.25, 0.3) is 0 Å². The molecule has 0 fully saturated rings. The molecule has 6 heteroatoms. The molecular weight excluding hydrogens is 292 g/mol. The highest BCUT2D eigenvalue weighted by molar-refractivity contribution is 5.96. The minimum absolute atomic E-state index is 0.0692. The van der Waals surface area contributed by atoms with Crippen molar-refractivity contribution in [3.05, 3.63) is 71.3 Å². The Balaban J connectivity index is 2.13. The molecule has 0 aliphatic carbocycles. The maximum absolute atomic E-state index is 13.1. The zero-order chi connectivity index (χ0) is 16.1. The summed E-state index contributed by atoms with van der Waals surface area (Å²) in [5.41, 5.74) is 0.456. The Morgan fingerprint density at radius 2 is 1.64 bits per heavy atom. The lowest BCUT2D eigenvalue weighted by Crippen LogP contribution is -2.42. The number of hydrogen-bond acceptors (Lipinski definition) is 2. The van der Waals surface area contributed by atoms with Crippen molar-refractivity contribution in [2.24, 2.45) is 0 Å². The molecule has 4 nitrogen and oxygen atoms in total. The summed E-state index contributed by atoms with van der Waals surface area (Å²) in [7, 11) is 0. The van der Waals surface area contributed by atoms with Crippen molar-refractivity contribution in [2.75, 3.05) is 0 Å². The smallest absolute Gasteiger partial charge is 0.326 e. The van der Waals surface area contributed by atoms with Crippen LogP contribution in [0, 0.1) is 11.6 Å². The van der Waals surface area contributed by atoms with Gasteiger partial charge in [-0.15, -0.1) is 0 Å². The van der Waals surface area contributed by atoms with Crippen LogP contribution in [0.3, 0.4) is 0 Å². The molecule has 0 aromatic heterocycles. The van der Waals surface area contributed by atoms with Crippen LogP contribution in [0.2, 0.25) is 0 Å². The first kappa shape index (κ1) is 15.6. The van der Waals surface area contributed by atoms with Gasteiger partial charge < -0.3 is 10.4 Å². The van der Waals surface area contributed by atoms with Gasteiger partial charge >= 0.3 is 5.97 Å². The predicted molar refractivity (Wildman–Crippen MR) is 75.4 cm³/mol. The summed E-state index contributed by atoms with van der Waals surface area (Å²) >= 11 is 0. The number of benzene rings is 2. The first-order valence-corrected chi connectivity index (χ1v) is 6.49. The number of nitrogens with one attached hydrogen (secondary N) is 1. The largest absolute Gasteiger partial charge is 0.480 e. The van der Waals surface area contributed by atoms with Gasteiger partial charge in [0.2, 0.25) is 0 Å². The fourth-order valence-electron chi connectivity index (χ4n) is 1.98. The Morgan fingerprint density at radius 3 is 2.18 bits per heavy atom. The average molecular weight is 305 g/mol. The summed E-state index contributed by atoms with van der Waals surface area (Å²) in [6, 6.07) is 9.87. The van der Waals surface area contributed by atoms with Gasteiger partial charge in [-0.3, -0.25) is 4.79 Å². The fourth-order valence-corrected chi connectivity index (χ4v) is 1.98. The lowest BCUT2D eigenvalue weighted by atomic mass is 10.1. The molecule has 0 aliphatic rings. The molecule has 22 heavy (non-hydrogen) atoms. The molecule has 114 valence electrons. The van der Waals surface area contributed by atoms with Gasteiger partial charge in [0, 0.05) is 18.1 Å². The Bertz CT molecular complexity index is 669. The molecule has 0 bridgehead atoms. The van der Waals surface area contributed by atoms with E-state index in [0.29, 0.717) is 6.07 Å². The molecule has 0 radical (unpaired) electrons. The summed E-state index contributed by atoms with van der Waals surface area (Å²) in [6.45, 7) is 0. The van der Waals surface area contributed by atoms with Gasteiger partial charge in [-0.2, -0.15) is 0 Å². The fraction of sp³-hybridized carbons (Fsp3) is 0.125. The lowest BCUT2D eigenvalue weighted by molar-refractivity contribution is -0.139. The van der Waals surface area contributed by atoms with Crippen molar-refractivity contribution in [2.45, 2.75) is 12.5 Å². The Hall–Kier alpha value is -2.76. The monoisotopic (exact) mass is 305 g/mol. The second kappa shape index (κ2) is 6.80. The van der Waals surface area contributed by atoms with Gasteiger partial charge in [0.15, 0.2) is 0 Å². The lowest BCUT2D eigenvalue weighted by Gasteiger charge is -2.14.